The molecule has 1 nitrogen and oxygen atoms in total. The molecule has 0 aromatic carbocycles. The van der Waals surface area contributed by atoms with Crippen LogP contribution in [0.3, 0.4) is 0 Å². The average molecular weight is 101 g/mol. The summed E-state index contributed by atoms with van der Waals surface area (Å²) >= 11 is 2.83. The van der Waals surface area contributed by atoms with E-state index in [9.17, 15) is 0 Å². The lowest BCUT2D eigenvalue weighted by Gasteiger charge is -0.734. The van der Waals surface area contributed by atoms with E-state index in [0.29, 0.717) is 0 Å². The van der Waals surface area contributed by atoms with Gasteiger partial charge in [0.15, 0.2) is 12.5 Å². The van der Waals surface area contributed by atoms with Crippen LogP contribution in [0, 0.1) is 0 Å². The van der Waals surface area contributed by atoms with E-state index in [0.717, 1.165) is 0 Å². The summed E-state index contributed by atoms with van der Waals surface area (Å²) in [6.45, 7) is 0. The SMILES string of the molecule is O=S.[MgH2].[MgH2]. The molecule has 0 atom stereocenters. The van der Waals surface area contributed by atoms with Crippen LogP contribution in [-0.4, -0.2) is 50.3 Å². The molecule has 0 bridgehead atoms. The minimum Gasteiger partial charge on any atom is -0.197 e. The van der Waals surface area contributed by atoms with E-state index in [2.05, 4.69) is 12.5 Å². The quantitative estimate of drug-likeness (QED) is 0.323. The summed E-state index contributed by atoms with van der Waals surface area (Å²) in [6.07, 6.45) is 0. The maximum absolute atomic E-state index is 7.83. The Morgan fingerprint density at radius 1 is 1.00 bits per heavy atom. The molecule has 0 unspecified atom stereocenters. The van der Waals surface area contributed by atoms with Crippen molar-refractivity contribution in [1.29, 1.82) is 0 Å². The van der Waals surface area contributed by atoms with Gasteiger partial charge < -0.3 is 0 Å². The van der Waals surface area contributed by atoms with Crippen LogP contribution in [0.2, 0.25) is 0 Å². The fourth-order valence-corrected chi connectivity index (χ4v) is 0. The molecule has 0 saturated carbocycles. The molecule has 0 fully saturated rings. The van der Waals surface area contributed by atoms with Crippen LogP contribution < -0.4 is 0 Å². The molecule has 0 aliphatic carbocycles. The monoisotopic (exact) mass is 100.0 g/mol. The molecule has 0 N–H and O–H groups in total. The Kier molecular flexibility index (Phi) is 105. The Bertz CT molecular complexity index is 6.00. The lowest BCUT2D eigenvalue weighted by molar-refractivity contribution is 0.702. The van der Waals surface area contributed by atoms with Gasteiger partial charge in [-0.3, -0.25) is 0 Å². The molecule has 0 saturated heterocycles. The first kappa shape index (κ1) is 17.7. The lowest BCUT2D eigenvalue weighted by Crippen LogP contribution is -0.894. The maximum atomic E-state index is 7.83. The van der Waals surface area contributed by atoms with Gasteiger partial charge in [-0.05, 0) is 0 Å². The topological polar surface area (TPSA) is 17.1 Å². The summed E-state index contributed by atoms with van der Waals surface area (Å²) in [4.78, 5) is 0. The Morgan fingerprint density at radius 2 is 1.00 bits per heavy atom. The standard InChI is InChI=1S/2Mg.OS.4H/c;;1-2;;;;. The highest BCUT2D eigenvalue weighted by molar-refractivity contribution is 7.44. The second-order valence-corrected chi connectivity index (χ2v) is 0. The Labute approximate surface area is 62.4 Å². The van der Waals surface area contributed by atoms with Crippen LogP contribution in [0.5, 0.6) is 0 Å². The van der Waals surface area contributed by atoms with Gasteiger partial charge in [-0.1, -0.05) is 0 Å². The van der Waals surface area contributed by atoms with Crippen LogP contribution in [0.15, 0.2) is 0 Å². The minimum absolute atomic E-state index is 0. The molecule has 0 amide bonds. The Balaban J connectivity index is -0.00000000500. The van der Waals surface area contributed by atoms with E-state index in [-0.39, 0.29) is 46.1 Å². The van der Waals surface area contributed by atoms with Gasteiger partial charge in [0.2, 0.25) is 0 Å². The van der Waals surface area contributed by atoms with Crippen molar-refractivity contribution < 1.29 is 4.21 Å². The molecule has 0 aliphatic heterocycles. The number of rotatable bonds is 0. The first-order chi connectivity index (χ1) is 1.00. The third-order valence-corrected chi connectivity index (χ3v) is 0. The first-order valence-electron chi connectivity index (χ1n) is 0.167. The van der Waals surface area contributed by atoms with Crippen LogP contribution in [-0.2, 0) is 12.5 Å². The van der Waals surface area contributed by atoms with Gasteiger partial charge in [0.1, 0.15) is 0 Å². The van der Waals surface area contributed by atoms with E-state index in [1.807, 2.05) is 0 Å². The summed E-state index contributed by atoms with van der Waals surface area (Å²) in [5.74, 6) is 0. The Morgan fingerprint density at radius 3 is 1.00 bits per heavy atom. The molecular formula is H4Mg2OS. The molecule has 0 heterocycles. The van der Waals surface area contributed by atoms with Gasteiger partial charge in [0.05, 0.1) is 0 Å². The zero-order chi connectivity index (χ0) is 2.00. The molecule has 4 heteroatoms. The van der Waals surface area contributed by atoms with Crippen LogP contribution in [0.4, 0.5) is 0 Å². The molecule has 0 aromatic rings. The third kappa shape index (κ3) is 9.60. The molecule has 0 rings (SSSR count). The summed E-state index contributed by atoms with van der Waals surface area (Å²) in [7, 11) is 0. The van der Waals surface area contributed by atoms with E-state index >= 15 is 0 Å². The third-order valence-electron chi connectivity index (χ3n) is 0. The van der Waals surface area contributed by atoms with Crippen molar-refractivity contribution in [2.24, 2.45) is 0 Å². The van der Waals surface area contributed by atoms with Gasteiger partial charge in [0, 0.05) is 0 Å². The van der Waals surface area contributed by atoms with Crippen molar-refractivity contribution in [2.75, 3.05) is 0 Å². The zero-order valence-corrected chi connectivity index (χ0v) is 1.63. The van der Waals surface area contributed by atoms with Gasteiger partial charge in [-0.15, -0.1) is 0 Å². The van der Waals surface area contributed by atoms with Crippen molar-refractivity contribution in [3.63, 3.8) is 0 Å². The second kappa shape index (κ2) is 23.8. The zero-order valence-electron chi connectivity index (χ0n) is 0.816. The van der Waals surface area contributed by atoms with Gasteiger partial charge >= 0.3 is 46.1 Å². The normalized spacial score (nSPS) is 1.00. The largest absolute Gasteiger partial charge is 0.316 e. The fourth-order valence-electron chi connectivity index (χ4n) is 0. The van der Waals surface area contributed by atoms with Crippen molar-refractivity contribution in [2.45, 2.75) is 0 Å². The summed E-state index contributed by atoms with van der Waals surface area (Å²) in [6, 6.07) is 0. The van der Waals surface area contributed by atoms with E-state index in [1.54, 1.807) is 0 Å². The molecular weight excluding hydrogens is 96.7 g/mol. The molecule has 0 aromatic heterocycles. The van der Waals surface area contributed by atoms with E-state index in [1.165, 1.54) is 0 Å². The maximum Gasteiger partial charge on any atom is 0.316 e. The minimum atomic E-state index is 0. The predicted octanol–water partition coefficient (Wildman–Crippen LogP) is -2.17. The number of hydrogen-bond donors (Lipinski definition) is 0. The molecule has 0 aliphatic rings. The van der Waals surface area contributed by atoms with Crippen molar-refractivity contribution >= 4 is 58.6 Å². The molecule has 0 spiro atoms. The van der Waals surface area contributed by atoms with Crippen LogP contribution in [0.25, 0.3) is 0 Å². The highest BCUT2D eigenvalue weighted by Crippen LogP contribution is 0.558. The highest BCUT2D eigenvalue weighted by atomic mass is 32.1. The fraction of sp³-hybridized carbons (Fsp3) is 0. The summed E-state index contributed by atoms with van der Waals surface area (Å²) in [5.41, 5.74) is 0. The van der Waals surface area contributed by atoms with Crippen LogP contribution in [0.1, 0.15) is 0 Å². The van der Waals surface area contributed by atoms with Gasteiger partial charge in [-0.25, -0.2) is 0 Å². The Hall–Kier alpha value is 1.55. The van der Waals surface area contributed by atoms with E-state index < -0.39 is 0 Å². The highest BCUT2D eigenvalue weighted by Gasteiger charge is 0.734. The van der Waals surface area contributed by atoms with Crippen molar-refractivity contribution in [3.05, 3.63) is 0 Å². The first-order valence-corrected chi connectivity index (χ1v) is 0.500. The summed E-state index contributed by atoms with van der Waals surface area (Å²) < 4.78 is 7.83. The van der Waals surface area contributed by atoms with Crippen molar-refractivity contribution in [3.8, 4) is 0 Å². The van der Waals surface area contributed by atoms with E-state index in [4.69, 9.17) is 4.21 Å². The average Bonchev–Trinajstić information content (AvgIpc) is 1.00. The van der Waals surface area contributed by atoms with Crippen LogP contribution >= 0.6 is 0 Å². The van der Waals surface area contributed by atoms with Gasteiger partial charge in [-0.2, -0.15) is 4.21 Å². The molecule has 4 heavy (non-hydrogen) atoms. The van der Waals surface area contributed by atoms with Gasteiger partial charge in [0.25, 0.3) is 0 Å². The second-order valence-electron chi connectivity index (χ2n) is 0. The lowest BCUT2D eigenvalue weighted by atomic mass is 16.0. The summed E-state index contributed by atoms with van der Waals surface area (Å²) in [5, 5.41) is 0. The van der Waals surface area contributed by atoms with Crippen molar-refractivity contribution in [1.82, 2.24) is 0 Å². The smallest absolute Gasteiger partial charge is 0.197 e. The predicted molar refractivity (Wildman–Crippen MR) is 25.2 cm³/mol. The number of hydrogen-bond acceptors (Lipinski definition) is 2. The molecule has 0 radical (unpaired) electrons. The molecule has 20 valence electrons.